The number of hydrogen-bond acceptors (Lipinski definition) is 8. The Morgan fingerprint density at radius 1 is 1.21 bits per heavy atom. The largest absolute Gasteiger partial charge is 0.468 e. The number of nitrogen functional groups attached to an aromatic ring is 1. The predicted octanol–water partition coefficient (Wildman–Crippen LogP) is 1.71. The number of amides is 2. The Hall–Kier alpha value is -3.85. The molecule has 1 heterocycles. The second-order valence-corrected chi connectivity index (χ2v) is 6.23. The van der Waals surface area contributed by atoms with Crippen molar-refractivity contribution in [1.29, 1.82) is 0 Å². The number of ether oxygens (including phenoxy) is 3. The molecule has 2 aromatic rings. The molecular weight excluding hydrogens is 378 g/mol. The first-order valence-corrected chi connectivity index (χ1v) is 8.60. The van der Waals surface area contributed by atoms with Crippen LogP contribution in [0.3, 0.4) is 0 Å². The van der Waals surface area contributed by atoms with Gasteiger partial charge in [-0.1, -0.05) is 18.2 Å². The van der Waals surface area contributed by atoms with Crippen LogP contribution in [0, 0.1) is 0 Å². The number of carbonyl (C=O) groups excluding carboxylic acids is 3. The molecule has 1 aliphatic rings. The van der Waals surface area contributed by atoms with E-state index in [0.717, 1.165) is 5.56 Å². The Morgan fingerprint density at radius 2 is 1.93 bits per heavy atom. The highest BCUT2D eigenvalue weighted by Gasteiger charge is 2.26. The number of esters is 1. The minimum Gasteiger partial charge on any atom is -0.468 e. The van der Waals surface area contributed by atoms with E-state index in [1.165, 1.54) is 13.2 Å². The summed E-state index contributed by atoms with van der Waals surface area (Å²) < 4.78 is 15.1. The van der Waals surface area contributed by atoms with Gasteiger partial charge in [0.2, 0.25) is 0 Å². The Bertz CT molecular complexity index is 984. The van der Waals surface area contributed by atoms with Crippen LogP contribution in [0.15, 0.2) is 48.2 Å². The molecule has 0 radical (unpaired) electrons. The highest BCUT2D eigenvalue weighted by molar-refractivity contribution is 6.09. The maximum absolute atomic E-state index is 11.5. The SMILES string of the molecule is COC(=O)C(N)Cc1ccc(Oc2ccc(/C=C3/OC(=O)NC3=O)cc2N)cc1. The number of rotatable bonds is 6. The molecule has 2 amide bonds. The smallest absolute Gasteiger partial charge is 0.419 e. The third-order valence-corrected chi connectivity index (χ3v) is 4.08. The van der Waals surface area contributed by atoms with E-state index >= 15 is 0 Å². The fraction of sp³-hybridized carbons (Fsp3) is 0.150. The van der Waals surface area contributed by atoms with Gasteiger partial charge in [0.25, 0.3) is 5.91 Å². The molecular formula is C20H19N3O6. The fourth-order valence-electron chi connectivity index (χ4n) is 2.63. The molecule has 5 N–H and O–H groups in total. The van der Waals surface area contributed by atoms with Crippen molar-refractivity contribution in [3.05, 3.63) is 59.4 Å². The van der Waals surface area contributed by atoms with Crippen molar-refractivity contribution in [2.24, 2.45) is 5.73 Å². The zero-order valence-electron chi connectivity index (χ0n) is 15.5. The van der Waals surface area contributed by atoms with E-state index in [0.29, 0.717) is 29.2 Å². The molecule has 1 unspecified atom stereocenters. The summed E-state index contributed by atoms with van der Waals surface area (Å²) in [6.45, 7) is 0. The molecule has 9 nitrogen and oxygen atoms in total. The van der Waals surface area contributed by atoms with E-state index in [4.69, 9.17) is 20.9 Å². The number of anilines is 1. The summed E-state index contributed by atoms with van der Waals surface area (Å²) in [6.07, 6.45) is 0.932. The van der Waals surface area contributed by atoms with E-state index in [1.807, 2.05) is 5.32 Å². The van der Waals surface area contributed by atoms with Crippen LogP contribution in [-0.4, -0.2) is 31.1 Å². The first kappa shape index (κ1) is 19.9. The number of nitrogens with two attached hydrogens (primary N) is 2. The standard InChI is InChI=1S/C20H19N3O6/c1-27-19(25)15(22)8-11-2-5-13(6-3-11)28-16-7-4-12(9-14(16)21)10-17-18(24)23-20(26)29-17/h2-7,9-10,15H,8,21-22H2,1H3,(H,23,24,26)/b17-10+. The highest BCUT2D eigenvalue weighted by Crippen LogP contribution is 2.29. The molecule has 2 aromatic carbocycles. The molecule has 0 saturated carbocycles. The van der Waals surface area contributed by atoms with Crippen LogP contribution in [0.2, 0.25) is 0 Å². The average molecular weight is 397 g/mol. The van der Waals surface area contributed by atoms with Crippen molar-refractivity contribution >= 4 is 29.7 Å². The van der Waals surface area contributed by atoms with Gasteiger partial charge in [0.15, 0.2) is 5.76 Å². The van der Waals surface area contributed by atoms with Gasteiger partial charge < -0.3 is 25.7 Å². The lowest BCUT2D eigenvalue weighted by Gasteiger charge is -2.11. The summed E-state index contributed by atoms with van der Waals surface area (Å²) in [5.74, 6) is -0.232. The van der Waals surface area contributed by atoms with Crippen molar-refractivity contribution in [3.8, 4) is 11.5 Å². The maximum atomic E-state index is 11.5. The number of methoxy groups -OCH3 is 1. The number of benzene rings is 2. The summed E-state index contributed by atoms with van der Waals surface area (Å²) >= 11 is 0. The molecule has 0 bridgehead atoms. The lowest BCUT2D eigenvalue weighted by Crippen LogP contribution is -2.33. The molecule has 29 heavy (non-hydrogen) atoms. The quantitative estimate of drug-likeness (QED) is 0.380. The Morgan fingerprint density at radius 3 is 2.52 bits per heavy atom. The van der Waals surface area contributed by atoms with Crippen LogP contribution in [0.25, 0.3) is 6.08 Å². The van der Waals surface area contributed by atoms with E-state index in [-0.39, 0.29) is 5.76 Å². The Labute approximate surface area is 166 Å². The van der Waals surface area contributed by atoms with Gasteiger partial charge in [-0.15, -0.1) is 0 Å². The molecule has 1 atom stereocenters. The number of nitrogens with one attached hydrogen (secondary N) is 1. The molecule has 0 aromatic heterocycles. The zero-order valence-corrected chi connectivity index (χ0v) is 15.5. The predicted molar refractivity (Wildman–Crippen MR) is 104 cm³/mol. The van der Waals surface area contributed by atoms with Crippen molar-refractivity contribution in [1.82, 2.24) is 5.32 Å². The number of carbonyl (C=O) groups is 3. The molecule has 0 spiro atoms. The van der Waals surface area contributed by atoms with Crippen LogP contribution < -0.4 is 21.5 Å². The van der Waals surface area contributed by atoms with Crippen molar-refractivity contribution in [2.45, 2.75) is 12.5 Å². The first-order valence-electron chi connectivity index (χ1n) is 8.60. The fourth-order valence-corrected chi connectivity index (χ4v) is 2.63. The molecule has 9 heteroatoms. The maximum Gasteiger partial charge on any atom is 0.419 e. The second-order valence-electron chi connectivity index (χ2n) is 6.23. The molecule has 150 valence electrons. The average Bonchev–Trinajstić information content (AvgIpc) is 3.01. The van der Waals surface area contributed by atoms with Crippen LogP contribution in [0.1, 0.15) is 11.1 Å². The summed E-state index contributed by atoms with van der Waals surface area (Å²) in [5.41, 5.74) is 13.5. The van der Waals surface area contributed by atoms with Gasteiger partial charge in [-0.05, 0) is 47.9 Å². The first-order chi connectivity index (χ1) is 13.9. The van der Waals surface area contributed by atoms with Crippen molar-refractivity contribution < 1.29 is 28.6 Å². The third-order valence-electron chi connectivity index (χ3n) is 4.08. The van der Waals surface area contributed by atoms with Crippen LogP contribution >= 0.6 is 0 Å². The Kier molecular flexibility index (Phi) is 5.79. The van der Waals surface area contributed by atoms with E-state index in [9.17, 15) is 14.4 Å². The van der Waals surface area contributed by atoms with Crippen LogP contribution in [0.4, 0.5) is 10.5 Å². The molecule has 1 fully saturated rings. The van der Waals surface area contributed by atoms with Gasteiger partial charge >= 0.3 is 12.1 Å². The highest BCUT2D eigenvalue weighted by atomic mass is 16.6. The van der Waals surface area contributed by atoms with E-state index < -0.39 is 24.0 Å². The van der Waals surface area contributed by atoms with Crippen LogP contribution in [-0.2, 0) is 25.5 Å². The van der Waals surface area contributed by atoms with E-state index in [2.05, 4.69) is 4.74 Å². The summed E-state index contributed by atoms with van der Waals surface area (Å²) in [7, 11) is 1.29. The minimum absolute atomic E-state index is 0.108. The monoisotopic (exact) mass is 397 g/mol. The third kappa shape index (κ3) is 4.90. The summed E-state index contributed by atoms with van der Waals surface area (Å²) in [6, 6.07) is 11.2. The number of hydrogen-bond donors (Lipinski definition) is 3. The topological polar surface area (TPSA) is 143 Å². The Balaban J connectivity index is 1.67. The van der Waals surface area contributed by atoms with Gasteiger partial charge in [-0.3, -0.25) is 14.9 Å². The van der Waals surface area contributed by atoms with E-state index in [1.54, 1.807) is 42.5 Å². The van der Waals surface area contributed by atoms with Gasteiger partial charge in [-0.25, -0.2) is 4.79 Å². The van der Waals surface area contributed by atoms with Crippen molar-refractivity contribution in [3.63, 3.8) is 0 Å². The van der Waals surface area contributed by atoms with Gasteiger partial charge in [-0.2, -0.15) is 0 Å². The molecule has 3 rings (SSSR count). The number of alkyl carbamates (subject to hydrolysis) is 1. The van der Waals surface area contributed by atoms with Crippen molar-refractivity contribution in [2.75, 3.05) is 12.8 Å². The second kappa shape index (κ2) is 8.44. The lowest BCUT2D eigenvalue weighted by atomic mass is 10.1. The summed E-state index contributed by atoms with van der Waals surface area (Å²) in [5, 5.41) is 2.01. The van der Waals surface area contributed by atoms with Gasteiger partial charge in [0, 0.05) is 0 Å². The number of imide groups is 1. The molecule has 1 saturated heterocycles. The molecule has 0 aliphatic carbocycles. The summed E-state index contributed by atoms with van der Waals surface area (Å²) in [4.78, 5) is 34.0. The normalized spacial score (nSPS) is 15.6. The molecule has 1 aliphatic heterocycles. The van der Waals surface area contributed by atoms with Gasteiger partial charge in [0.05, 0.1) is 12.8 Å². The lowest BCUT2D eigenvalue weighted by molar-refractivity contribution is -0.142. The number of cyclic esters (lactones) is 1. The van der Waals surface area contributed by atoms with Crippen LogP contribution in [0.5, 0.6) is 11.5 Å². The minimum atomic E-state index is -0.815. The zero-order chi connectivity index (χ0) is 21.0. The van der Waals surface area contributed by atoms with Gasteiger partial charge in [0.1, 0.15) is 17.5 Å².